The molecule has 0 aliphatic carbocycles. The molecule has 1 aliphatic rings. The first-order valence-corrected chi connectivity index (χ1v) is 6.84. The van der Waals surface area contributed by atoms with Crippen LogP contribution in [-0.2, 0) is 9.53 Å². The number of carbonyl (C=O) groups is 1. The minimum atomic E-state index is -0.561. The molecular formula is C13H26N2O3. The van der Waals surface area contributed by atoms with Gasteiger partial charge < -0.3 is 20.1 Å². The lowest BCUT2D eigenvalue weighted by Gasteiger charge is -2.25. The number of nitrogens with one attached hydrogen (secondary N) is 1. The highest BCUT2D eigenvalue weighted by Crippen LogP contribution is 2.10. The van der Waals surface area contributed by atoms with Crippen LogP contribution in [0.2, 0.25) is 0 Å². The molecule has 1 rings (SSSR count). The molecule has 0 saturated carbocycles. The third kappa shape index (κ3) is 5.33. The van der Waals surface area contributed by atoms with Gasteiger partial charge in [0.15, 0.2) is 0 Å². The lowest BCUT2D eigenvalue weighted by atomic mass is 10.2. The Bertz CT molecular complexity index is 240. The highest BCUT2D eigenvalue weighted by molar-refractivity contribution is 5.81. The molecule has 0 spiro atoms. The summed E-state index contributed by atoms with van der Waals surface area (Å²) in [7, 11) is 1.55. The molecule has 1 fully saturated rings. The minimum absolute atomic E-state index is 0.140. The van der Waals surface area contributed by atoms with Gasteiger partial charge >= 0.3 is 0 Å². The van der Waals surface area contributed by atoms with Crippen LogP contribution >= 0.6 is 0 Å². The van der Waals surface area contributed by atoms with Crippen molar-refractivity contribution >= 4 is 5.91 Å². The number of rotatable bonds is 6. The van der Waals surface area contributed by atoms with Crippen LogP contribution in [0.15, 0.2) is 0 Å². The summed E-state index contributed by atoms with van der Waals surface area (Å²) in [4.78, 5) is 14.1. The maximum atomic E-state index is 12.2. The molecule has 0 aromatic heterocycles. The third-order valence-corrected chi connectivity index (χ3v) is 3.31. The summed E-state index contributed by atoms with van der Waals surface area (Å²) in [6.07, 6.45) is 4.08. The SMILES string of the molecule is COCC(O)CNC(C)C(=O)N1CCCCCC1. The van der Waals surface area contributed by atoms with Gasteiger partial charge in [0, 0.05) is 26.7 Å². The molecule has 106 valence electrons. The Morgan fingerprint density at radius 1 is 1.33 bits per heavy atom. The van der Waals surface area contributed by atoms with E-state index in [0.29, 0.717) is 6.54 Å². The molecule has 1 heterocycles. The van der Waals surface area contributed by atoms with Crippen molar-refractivity contribution in [2.75, 3.05) is 33.4 Å². The number of aliphatic hydroxyl groups is 1. The van der Waals surface area contributed by atoms with E-state index < -0.39 is 6.10 Å². The fourth-order valence-electron chi connectivity index (χ4n) is 2.22. The summed E-state index contributed by atoms with van der Waals surface area (Å²) in [5.41, 5.74) is 0. The second kappa shape index (κ2) is 8.45. The highest BCUT2D eigenvalue weighted by atomic mass is 16.5. The van der Waals surface area contributed by atoms with Gasteiger partial charge in [-0.25, -0.2) is 0 Å². The molecule has 5 nitrogen and oxygen atoms in total. The molecule has 0 radical (unpaired) electrons. The zero-order valence-electron chi connectivity index (χ0n) is 11.5. The fraction of sp³-hybridized carbons (Fsp3) is 0.923. The predicted octanol–water partition coefficient (Wildman–Crippen LogP) is 0.374. The maximum Gasteiger partial charge on any atom is 0.239 e. The molecule has 2 unspecified atom stereocenters. The zero-order valence-corrected chi connectivity index (χ0v) is 11.5. The summed E-state index contributed by atoms with van der Waals surface area (Å²) < 4.78 is 4.84. The summed E-state index contributed by atoms with van der Waals surface area (Å²) in [6.45, 7) is 4.26. The molecule has 1 aliphatic heterocycles. The van der Waals surface area contributed by atoms with E-state index in [9.17, 15) is 9.90 Å². The van der Waals surface area contributed by atoms with Crippen molar-refractivity contribution in [2.45, 2.75) is 44.8 Å². The Labute approximate surface area is 109 Å². The fourth-order valence-corrected chi connectivity index (χ4v) is 2.22. The lowest BCUT2D eigenvalue weighted by Crippen LogP contribution is -2.47. The van der Waals surface area contributed by atoms with E-state index in [4.69, 9.17) is 4.74 Å². The topological polar surface area (TPSA) is 61.8 Å². The zero-order chi connectivity index (χ0) is 13.4. The summed E-state index contributed by atoms with van der Waals surface area (Å²) in [5, 5.41) is 12.6. The van der Waals surface area contributed by atoms with E-state index in [-0.39, 0.29) is 18.6 Å². The average molecular weight is 258 g/mol. The summed E-state index contributed by atoms with van der Waals surface area (Å²) in [5.74, 6) is 0.140. The Balaban J connectivity index is 2.30. The molecule has 18 heavy (non-hydrogen) atoms. The van der Waals surface area contributed by atoms with Crippen LogP contribution < -0.4 is 5.32 Å². The Morgan fingerprint density at radius 2 is 1.94 bits per heavy atom. The largest absolute Gasteiger partial charge is 0.389 e. The standard InChI is InChI=1S/C13H26N2O3/c1-11(14-9-12(16)10-18-2)13(17)15-7-5-3-4-6-8-15/h11-12,14,16H,3-10H2,1-2H3. The molecule has 5 heteroatoms. The maximum absolute atomic E-state index is 12.2. The number of methoxy groups -OCH3 is 1. The van der Waals surface area contributed by atoms with Crippen molar-refractivity contribution in [3.8, 4) is 0 Å². The second-order valence-electron chi connectivity index (χ2n) is 4.98. The second-order valence-corrected chi connectivity index (χ2v) is 4.98. The lowest BCUT2D eigenvalue weighted by molar-refractivity contribution is -0.133. The smallest absolute Gasteiger partial charge is 0.239 e. The van der Waals surface area contributed by atoms with Crippen LogP contribution in [0.3, 0.4) is 0 Å². The minimum Gasteiger partial charge on any atom is -0.389 e. The number of carbonyl (C=O) groups excluding carboxylic acids is 1. The summed E-state index contributed by atoms with van der Waals surface area (Å²) >= 11 is 0. The Hall–Kier alpha value is -0.650. The van der Waals surface area contributed by atoms with Crippen LogP contribution in [0.25, 0.3) is 0 Å². The van der Waals surface area contributed by atoms with E-state index in [0.717, 1.165) is 25.9 Å². The molecule has 2 N–H and O–H groups in total. The number of amides is 1. The predicted molar refractivity (Wildman–Crippen MR) is 70.4 cm³/mol. The quantitative estimate of drug-likeness (QED) is 0.723. The van der Waals surface area contributed by atoms with Crippen LogP contribution in [0.1, 0.15) is 32.6 Å². The van der Waals surface area contributed by atoms with Crippen LogP contribution in [0, 0.1) is 0 Å². The van der Waals surface area contributed by atoms with Gasteiger partial charge in [0.2, 0.25) is 5.91 Å². The molecule has 1 amide bonds. The first kappa shape index (κ1) is 15.4. The number of aliphatic hydroxyl groups excluding tert-OH is 1. The van der Waals surface area contributed by atoms with Crippen LogP contribution in [-0.4, -0.2) is 61.4 Å². The monoisotopic (exact) mass is 258 g/mol. The van der Waals surface area contributed by atoms with Crippen molar-refractivity contribution in [3.05, 3.63) is 0 Å². The molecule has 0 aromatic carbocycles. The van der Waals surface area contributed by atoms with Crippen molar-refractivity contribution in [2.24, 2.45) is 0 Å². The number of hydrogen-bond donors (Lipinski definition) is 2. The normalized spacial score (nSPS) is 20.3. The van der Waals surface area contributed by atoms with E-state index in [1.54, 1.807) is 7.11 Å². The molecule has 1 saturated heterocycles. The van der Waals surface area contributed by atoms with Crippen molar-refractivity contribution < 1.29 is 14.6 Å². The van der Waals surface area contributed by atoms with E-state index in [2.05, 4.69) is 5.32 Å². The summed E-state index contributed by atoms with van der Waals surface area (Å²) in [6, 6.07) is -0.241. The first-order chi connectivity index (χ1) is 8.65. The van der Waals surface area contributed by atoms with Crippen molar-refractivity contribution in [3.63, 3.8) is 0 Å². The average Bonchev–Trinajstić information content (AvgIpc) is 2.64. The van der Waals surface area contributed by atoms with E-state index in [1.165, 1.54) is 12.8 Å². The van der Waals surface area contributed by atoms with Crippen molar-refractivity contribution in [1.29, 1.82) is 0 Å². The van der Waals surface area contributed by atoms with Crippen LogP contribution in [0.4, 0.5) is 0 Å². The van der Waals surface area contributed by atoms with Gasteiger partial charge in [-0.15, -0.1) is 0 Å². The van der Waals surface area contributed by atoms with E-state index in [1.807, 2.05) is 11.8 Å². The number of hydrogen-bond acceptors (Lipinski definition) is 4. The van der Waals surface area contributed by atoms with Gasteiger partial charge in [0.25, 0.3) is 0 Å². The number of likely N-dealkylation sites (tertiary alicyclic amines) is 1. The molecule has 2 atom stereocenters. The first-order valence-electron chi connectivity index (χ1n) is 6.84. The van der Waals surface area contributed by atoms with Gasteiger partial charge in [0.05, 0.1) is 18.8 Å². The molecule has 0 aromatic rings. The number of nitrogens with zero attached hydrogens (tertiary/aromatic N) is 1. The van der Waals surface area contributed by atoms with E-state index >= 15 is 0 Å². The van der Waals surface area contributed by atoms with Gasteiger partial charge in [-0.05, 0) is 19.8 Å². The van der Waals surface area contributed by atoms with Gasteiger partial charge in [-0.2, -0.15) is 0 Å². The van der Waals surface area contributed by atoms with Crippen LogP contribution in [0.5, 0.6) is 0 Å². The van der Waals surface area contributed by atoms with Crippen molar-refractivity contribution in [1.82, 2.24) is 10.2 Å². The number of ether oxygens (including phenoxy) is 1. The van der Waals surface area contributed by atoms with Gasteiger partial charge in [-0.1, -0.05) is 12.8 Å². The molecular weight excluding hydrogens is 232 g/mol. The third-order valence-electron chi connectivity index (χ3n) is 3.31. The highest BCUT2D eigenvalue weighted by Gasteiger charge is 2.21. The van der Waals surface area contributed by atoms with Gasteiger partial charge in [-0.3, -0.25) is 4.79 Å². The Morgan fingerprint density at radius 3 is 2.50 bits per heavy atom. The van der Waals surface area contributed by atoms with Gasteiger partial charge in [0.1, 0.15) is 0 Å². The molecule has 0 bridgehead atoms. The Kier molecular flexibility index (Phi) is 7.23.